The molecule has 0 saturated heterocycles. The summed E-state index contributed by atoms with van der Waals surface area (Å²) >= 11 is 5.85. The highest BCUT2D eigenvalue weighted by atomic mass is 35.5. The number of halogens is 1. The van der Waals surface area contributed by atoms with E-state index < -0.39 is 0 Å². The van der Waals surface area contributed by atoms with Gasteiger partial charge in [-0.25, -0.2) is 4.98 Å². The van der Waals surface area contributed by atoms with E-state index in [9.17, 15) is 5.21 Å². The highest BCUT2D eigenvalue weighted by molar-refractivity contribution is 6.30. The highest BCUT2D eigenvalue weighted by Gasteiger charge is 2.14. The lowest BCUT2D eigenvalue weighted by Crippen LogP contribution is -2.28. The van der Waals surface area contributed by atoms with Crippen molar-refractivity contribution in [3.8, 4) is 22.8 Å². The van der Waals surface area contributed by atoms with Crippen LogP contribution >= 0.6 is 11.6 Å². The van der Waals surface area contributed by atoms with Crippen LogP contribution in [0.1, 0.15) is 0 Å². The molecule has 22 heavy (non-hydrogen) atoms. The molecule has 3 aromatic rings. The summed E-state index contributed by atoms with van der Waals surface area (Å²) in [5.74, 6) is 1.23. The molecule has 0 aliphatic heterocycles. The average molecular weight is 317 g/mol. The molecular weight excluding hydrogens is 304 g/mol. The summed E-state index contributed by atoms with van der Waals surface area (Å²) < 4.78 is 11.3. The first-order valence-electron chi connectivity index (χ1n) is 6.52. The van der Waals surface area contributed by atoms with Gasteiger partial charge in [0.2, 0.25) is 5.69 Å². The molecule has 0 amide bonds. The second-order valence-electron chi connectivity index (χ2n) is 4.72. The summed E-state index contributed by atoms with van der Waals surface area (Å²) in [6.45, 7) is 0. The number of fused-ring (bicyclic) bond motifs is 1. The Labute approximate surface area is 132 Å². The number of hydrogen-bond acceptors (Lipinski definition) is 4. The van der Waals surface area contributed by atoms with Crippen LogP contribution < -0.4 is 14.2 Å². The third kappa shape index (κ3) is 2.63. The number of aromatic nitrogens is 2. The monoisotopic (exact) mass is 316 g/mol. The average Bonchev–Trinajstić information content (AvgIpc) is 2.53. The van der Waals surface area contributed by atoms with E-state index in [2.05, 4.69) is 4.98 Å². The summed E-state index contributed by atoms with van der Waals surface area (Å²) in [6.07, 6.45) is 3.11. The van der Waals surface area contributed by atoms with E-state index in [0.717, 1.165) is 15.5 Å². The molecule has 1 aromatic carbocycles. The molecule has 5 nitrogen and oxygen atoms in total. The van der Waals surface area contributed by atoms with E-state index in [0.29, 0.717) is 27.9 Å². The molecule has 0 unspecified atom stereocenters. The first-order chi connectivity index (χ1) is 10.6. The molecule has 0 bridgehead atoms. The zero-order chi connectivity index (χ0) is 15.7. The van der Waals surface area contributed by atoms with Gasteiger partial charge in [0.25, 0.3) is 0 Å². The van der Waals surface area contributed by atoms with Crippen LogP contribution in [0.25, 0.3) is 22.0 Å². The van der Waals surface area contributed by atoms with E-state index in [1.807, 2.05) is 0 Å². The zero-order valence-corrected chi connectivity index (χ0v) is 12.8. The van der Waals surface area contributed by atoms with Gasteiger partial charge in [-0.2, -0.15) is 4.73 Å². The maximum absolute atomic E-state index is 12.3. The summed E-state index contributed by atoms with van der Waals surface area (Å²) in [6, 6.07) is 8.73. The van der Waals surface area contributed by atoms with Crippen LogP contribution in [0.2, 0.25) is 5.15 Å². The molecule has 0 spiro atoms. The van der Waals surface area contributed by atoms with Gasteiger partial charge in [0, 0.05) is 23.7 Å². The Balaban J connectivity index is 2.21. The first-order valence-corrected chi connectivity index (χ1v) is 6.90. The van der Waals surface area contributed by atoms with Crippen LogP contribution in [0.15, 0.2) is 42.7 Å². The molecule has 2 aromatic heterocycles. The lowest BCUT2D eigenvalue weighted by atomic mass is 10.1. The third-order valence-corrected chi connectivity index (χ3v) is 3.57. The molecule has 0 aliphatic rings. The molecule has 3 rings (SSSR count). The van der Waals surface area contributed by atoms with Crippen LogP contribution in [0.5, 0.6) is 11.5 Å². The number of ether oxygens (including phenoxy) is 2. The zero-order valence-electron chi connectivity index (χ0n) is 12.0. The minimum Gasteiger partial charge on any atom is -0.618 e. The second kappa shape index (κ2) is 5.69. The van der Waals surface area contributed by atoms with E-state index in [1.165, 1.54) is 6.20 Å². The standard InChI is InChI=1S/C16H13ClN2O3/c1-21-13-3-10(4-14(7-13)22-2)15-5-11-8-18-16(17)6-12(11)9-19(15)20/h3-9H,1-2H3. The summed E-state index contributed by atoms with van der Waals surface area (Å²) in [7, 11) is 3.13. The minimum absolute atomic E-state index is 0.350. The van der Waals surface area contributed by atoms with Crippen molar-refractivity contribution in [3.63, 3.8) is 0 Å². The van der Waals surface area contributed by atoms with Gasteiger partial charge in [0.15, 0.2) is 6.20 Å². The lowest BCUT2D eigenvalue weighted by molar-refractivity contribution is -0.592. The number of pyridine rings is 2. The van der Waals surface area contributed by atoms with Crippen LogP contribution in [0.3, 0.4) is 0 Å². The van der Waals surface area contributed by atoms with Crippen LogP contribution in [-0.4, -0.2) is 19.2 Å². The normalized spacial score (nSPS) is 10.7. The van der Waals surface area contributed by atoms with Crippen molar-refractivity contribution in [2.24, 2.45) is 0 Å². The summed E-state index contributed by atoms with van der Waals surface area (Å²) in [5.41, 5.74) is 1.18. The molecule has 2 heterocycles. The number of methoxy groups -OCH3 is 2. The number of nitrogens with zero attached hydrogens (tertiary/aromatic N) is 2. The predicted octanol–water partition coefficient (Wildman–Crippen LogP) is 3.21. The topological polar surface area (TPSA) is 58.3 Å². The molecule has 6 heteroatoms. The van der Waals surface area contributed by atoms with Crippen LogP contribution in [0.4, 0.5) is 0 Å². The molecule has 0 saturated carbocycles. The quantitative estimate of drug-likeness (QED) is 0.423. The fourth-order valence-corrected chi connectivity index (χ4v) is 2.43. The molecule has 0 N–H and O–H groups in total. The Bertz CT molecular complexity index is 830. The predicted molar refractivity (Wildman–Crippen MR) is 84.3 cm³/mol. The van der Waals surface area contributed by atoms with Gasteiger partial charge in [-0.1, -0.05) is 11.6 Å². The molecule has 0 fully saturated rings. The van der Waals surface area contributed by atoms with Gasteiger partial charge in [-0.05, 0) is 18.2 Å². The van der Waals surface area contributed by atoms with Crippen LogP contribution in [-0.2, 0) is 0 Å². The first kappa shape index (κ1) is 14.4. The number of benzene rings is 1. The Hall–Kier alpha value is -2.53. The molecular formula is C16H13ClN2O3. The maximum atomic E-state index is 12.3. The summed E-state index contributed by atoms with van der Waals surface area (Å²) in [5, 5.41) is 14.2. The molecule has 112 valence electrons. The van der Waals surface area contributed by atoms with Crippen LogP contribution in [0, 0.1) is 5.21 Å². The lowest BCUT2D eigenvalue weighted by Gasteiger charge is -2.10. The Morgan fingerprint density at radius 1 is 1.00 bits per heavy atom. The SMILES string of the molecule is COc1cc(OC)cc(-c2cc3cnc(Cl)cc3c[n+]2[O-])c1. The van der Waals surface area contributed by atoms with E-state index in [1.54, 1.807) is 50.7 Å². The highest BCUT2D eigenvalue weighted by Crippen LogP contribution is 2.29. The molecule has 0 atom stereocenters. The maximum Gasteiger partial charge on any atom is 0.224 e. The van der Waals surface area contributed by atoms with Crippen molar-refractivity contribution in [1.82, 2.24) is 4.98 Å². The van der Waals surface area contributed by atoms with Crippen molar-refractivity contribution >= 4 is 22.4 Å². The molecule has 0 radical (unpaired) electrons. The van der Waals surface area contributed by atoms with Gasteiger partial charge in [-0.3, -0.25) is 0 Å². The minimum atomic E-state index is 0.350. The number of rotatable bonds is 3. The van der Waals surface area contributed by atoms with E-state index >= 15 is 0 Å². The fourth-order valence-electron chi connectivity index (χ4n) is 2.26. The van der Waals surface area contributed by atoms with Gasteiger partial charge >= 0.3 is 0 Å². The van der Waals surface area contributed by atoms with Crippen molar-refractivity contribution in [3.05, 3.63) is 53.1 Å². The second-order valence-corrected chi connectivity index (χ2v) is 5.11. The smallest absolute Gasteiger partial charge is 0.224 e. The summed E-state index contributed by atoms with van der Waals surface area (Å²) in [4.78, 5) is 4.04. The molecule has 0 aliphatic carbocycles. The van der Waals surface area contributed by atoms with Crippen molar-refractivity contribution in [1.29, 1.82) is 0 Å². The Morgan fingerprint density at radius 3 is 2.32 bits per heavy atom. The van der Waals surface area contributed by atoms with Crippen molar-refractivity contribution in [2.45, 2.75) is 0 Å². The Kier molecular flexibility index (Phi) is 3.73. The third-order valence-electron chi connectivity index (χ3n) is 3.37. The Morgan fingerprint density at radius 2 is 1.68 bits per heavy atom. The van der Waals surface area contributed by atoms with Gasteiger partial charge < -0.3 is 14.7 Å². The van der Waals surface area contributed by atoms with Gasteiger partial charge in [0.1, 0.15) is 16.7 Å². The van der Waals surface area contributed by atoms with E-state index in [4.69, 9.17) is 21.1 Å². The van der Waals surface area contributed by atoms with Gasteiger partial charge in [0.05, 0.1) is 25.2 Å². The van der Waals surface area contributed by atoms with E-state index in [-0.39, 0.29) is 0 Å². The van der Waals surface area contributed by atoms with Gasteiger partial charge in [-0.15, -0.1) is 0 Å². The fraction of sp³-hybridized carbons (Fsp3) is 0.125. The largest absolute Gasteiger partial charge is 0.618 e. The van der Waals surface area contributed by atoms with Crippen molar-refractivity contribution < 1.29 is 14.2 Å². The number of hydrogen-bond donors (Lipinski definition) is 0. The van der Waals surface area contributed by atoms with Crippen molar-refractivity contribution in [2.75, 3.05) is 14.2 Å².